The summed E-state index contributed by atoms with van der Waals surface area (Å²) in [5.74, 6) is 0. The highest BCUT2D eigenvalue weighted by Gasteiger charge is 2.51. The molecule has 0 aliphatic heterocycles. The van der Waals surface area contributed by atoms with Crippen molar-refractivity contribution in [3.8, 4) is 22.3 Å². The van der Waals surface area contributed by atoms with Gasteiger partial charge in [0.15, 0.2) is 0 Å². The molecule has 0 saturated carbocycles. The molecule has 0 N–H and O–H groups in total. The summed E-state index contributed by atoms with van der Waals surface area (Å²) in [5, 5.41) is 0. The van der Waals surface area contributed by atoms with E-state index in [1.165, 1.54) is 55.6 Å². The predicted molar refractivity (Wildman–Crippen MR) is 134 cm³/mol. The van der Waals surface area contributed by atoms with Crippen molar-refractivity contribution in [1.82, 2.24) is 4.90 Å². The molecule has 0 radical (unpaired) electrons. The normalized spacial score (nSPS) is 14.4. The molecule has 0 heterocycles. The second kappa shape index (κ2) is 7.18. The fourth-order valence-electron chi connectivity index (χ4n) is 6.15. The van der Waals surface area contributed by atoms with Crippen LogP contribution in [0.3, 0.4) is 0 Å². The van der Waals surface area contributed by atoms with E-state index in [1.807, 2.05) is 0 Å². The van der Waals surface area contributed by atoms with Crippen LogP contribution in [0.4, 0.5) is 0 Å². The van der Waals surface area contributed by atoms with Crippen molar-refractivity contribution in [3.05, 3.63) is 118 Å². The van der Waals surface area contributed by atoms with Crippen molar-refractivity contribution in [2.24, 2.45) is 0 Å². The maximum atomic E-state index is 2.53. The minimum Gasteiger partial charge on any atom is -0.300 e. The van der Waals surface area contributed by atoms with Crippen LogP contribution in [0.25, 0.3) is 22.3 Å². The highest BCUT2D eigenvalue weighted by atomic mass is 15.1. The van der Waals surface area contributed by atoms with Crippen LogP contribution in [0.15, 0.2) is 84.9 Å². The molecule has 2 aliphatic carbocycles. The summed E-state index contributed by atoms with van der Waals surface area (Å²) in [6.07, 6.45) is 0. The summed E-state index contributed by atoms with van der Waals surface area (Å²) >= 11 is 0. The standard InChI is InChI=1S/C31H29N/c1-4-32(5-2)20-22-19-30-26(18-21(22)3)25-14-8-11-17-29(25)31(30)27-15-9-6-12-23(27)24-13-7-10-16-28(24)31/h6-19H,4-5,20H2,1-3H3. The third-order valence-electron chi connectivity index (χ3n) is 7.74. The van der Waals surface area contributed by atoms with Gasteiger partial charge in [-0.3, -0.25) is 4.90 Å². The van der Waals surface area contributed by atoms with Crippen LogP contribution < -0.4 is 0 Å². The van der Waals surface area contributed by atoms with Crippen LogP contribution in [0, 0.1) is 6.92 Å². The van der Waals surface area contributed by atoms with Gasteiger partial charge in [0.05, 0.1) is 5.41 Å². The van der Waals surface area contributed by atoms with Crippen LogP contribution >= 0.6 is 0 Å². The largest absolute Gasteiger partial charge is 0.300 e. The topological polar surface area (TPSA) is 3.24 Å². The Kier molecular flexibility index (Phi) is 4.38. The molecule has 1 heteroatoms. The molecular weight excluding hydrogens is 386 g/mol. The molecule has 4 aromatic rings. The average Bonchev–Trinajstić information content (AvgIpc) is 3.29. The number of nitrogens with zero attached hydrogens (tertiary/aromatic N) is 1. The summed E-state index contributed by atoms with van der Waals surface area (Å²) < 4.78 is 0. The monoisotopic (exact) mass is 415 g/mol. The van der Waals surface area contributed by atoms with E-state index in [0.29, 0.717) is 0 Å². The summed E-state index contributed by atoms with van der Waals surface area (Å²) in [6.45, 7) is 9.94. The Morgan fingerprint density at radius 2 is 1.06 bits per heavy atom. The minimum absolute atomic E-state index is 0.231. The van der Waals surface area contributed by atoms with Gasteiger partial charge in [-0.2, -0.15) is 0 Å². The first kappa shape index (κ1) is 19.5. The van der Waals surface area contributed by atoms with Crippen LogP contribution in [-0.2, 0) is 12.0 Å². The van der Waals surface area contributed by atoms with Gasteiger partial charge in [0, 0.05) is 6.54 Å². The zero-order chi connectivity index (χ0) is 21.9. The van der Waals surface area contributed by atoms with Crippen molar-refractivity contribution in [2.45, 2.75) is 32.7 Å². The smallest absolute Gasteiger partial charge is 0.0725 e. The van der Waals surface area contributed by atoms with Gasteiger partial charge in [-0.25, -0.2) is 0 Å². The van der Waals surface area contributed by atoms with Gasteiger partial charge in [-0.15, -0.1) is 0 Å². The molecule has 32 heavy (non-hydrogen) atoms. The molecule has 0 atom stereocenters. The molecule has 1 spiro atoms. The van der Waals surface area contributed by atoms with E-state index in [9.17, 15) is 0 Å². The summed E-state index contributed by atoms with van der Waals surface area (Å²) in [6, 6.07) is 32.1. The van der Waals surface area contributed by atoms with Gasteiger partial charge >= 0.3 is 0 Å². The molecule has 158 valence electrons. The van der Waals surface area contributed by atoms with E-state index in [1.54, 1.807) is 0 Å². The van der Waals surface area contributed by atoms with Gasteiger partial charge < -0.3 is 0 Å². The van der Waals surface area contributed by atoms with Gasteiger partial charge in [0.2, 0.25) is 0 Å². The molecule has 0 aromatic heterocycles. The number of hydrogen-bond donors (Lipinski definition) is 0. The second-order valence-corrected chi connectivity index (χ2v) is 9.17. The Morgan fingerprint density at radius 3 is 1.56 bits per heavy atom. The van der Waals surface area contributed by atoms with Crippen molar-refractivity contribution < 1.29 is 0 Å². The van der Waals surface area contributed by atoms with E-state index >= 15 is 0 Å². The summed E-state index contributed by atoms with van der Waals surface area (Å²) in [4.78, 5) is 2.51. The molecule has 0 saturated heterocycles. The zero-order valence-corrected chi connectivity index (χ0v) is 19.2. The van der Waals surface area contributed by atoms with Crippen LogP contribution in [-0.4, -0.2) is 18.0 Å². The van der Waals surface area contributed by atoms with Crippen LogP contribution in [0.2, 0.25) is 0 Å². The molecule has 6 rings (SSSR count). The van der Waals surface area contributed by atoms with Gasteiger partial charge in [0.25, 0.3) is 0 Å². The first-order valence-corrected chi connectivity index (χ1v) is 11.9. The Labute approximate surface area is 191 Å². The Morgan fingerprint density at radius 1 is 0.594 bits per heavy atom. The van der Waals surface area contributed by atoms with E-state index in [0.717, 1.165) is 19.6 Å². The lowest BCUT2D eigenvalue weighted by molar-refractivity contribution is 0.295. The number of rotatable bonds is 4. The average molecular weight is 416 g/mol. The Hall–Kier alpha value is -3.16. The number of benzene rings is 4. The molecule has 4 aromatic carbocycles. The third-order valence-corrected chi connectivity index (χ3v) is 7.74. The SMILES string of the molecule is CCN(CC)Cc1cc2c(cc1C)-c1ccccc1C21c2ccccc2-c2ccccc21. The molecule has 0 bridgehead atoms. The fraction of sp³-hybridized carbons (Fsp3) is 0.226. The maximum absolute atomic E-state index is 2.53. The van der Waals surface area contributed by atoms with Crippen LogP contribution in [0.5, 0.6) is 0 Å². The van der Waals surface area contributed by atoms with Gasteiger partial charge in [-0.05, 0) is 75.6 Å². The predicted octanol–water partition coefficient (Wildman–Crippen LogP) is 7.18. The number of fused-ring (bicyclic) bond motifs is 10. The van der Waals surface area contributed by atoms with Crippen molar-refractivity contribution in [3.63, 3.8) is 0 Å². The van der Waals surface area contributed by atoms with E-state index in [2.05, 4.69) is 111 Å². The molecule has 0 unspecified atom stereocenters. The fourth-order valence-corrected chi connectivity index (χ4v) is 6.15. The first-order valence-electron chi connectivity index (χ1n) is 11.9. The number of aryl methyl sites for hydroxylation is 1. The lowest BCUT2D eigenvalue weighted by Crippen LogP contribution is -2.27. The highest BCUT2D eigenvalue weighted by Crippen LogP contribution is 2.62. The van der Waals surface area contributed by atoms with Crippen LogP contribution in [0.1, 0.15) is 47.2 Å². The lowest BCUT2D eigenvalue weighted by atomic mass is 9.70. The van der Waals surface area contributed by atoms with E-state index in [4.69, 9.17) is 0 Å². The quantitative estimate of drug-likeness (QED) is 0.295. The van der Waals surface area contributed by atoms with Crippen molar-refractivity contribution in [1.29, 1.82) is 0 Å². The second-order valence-electron chi connectivity index (χ2n) is 9.17. The Balaban J connectivity index is 1.71. The third kappa shape index (κ3) is 2.43. The van der Waals surface area contributed by atoms with Gasteiger partial charge in [0.1, 0.15) is 0 Å². The molecular formula is C31H29N. The first-order chi connectivity index (χ1) is 15.7. The van der Waals surface area contributed by atoms with Gasteiger partial charge in [-0.1, -0.05) is 98.8 Å². The summed E-state index contributed by atoms with van der Waals surface area (Å²) in [7, 11) is 0. The maximum Gasteiger partial charge on any atom is 0.0725 e. The molecule has 0 fully saturated rings. The summed E-state index contributed by atoms with van der Waals surface area (Å²) in [5.41, 5.74) is 13.8. The van der Waals surface area contributed by atoms with Crippen molar-refractivity contribution >= 4 is 0 Å². The number of hydrogen-bond acceptors (Lipinski definition) is 1. The molecule has 0 amide bonds. The van der Waals surface area contributed by atoms with E-state index < -0.39 is 0 Å². The molecule has 1 nitrogen and oxygen atoms in total. The highest BCUT2D eigenvalue weighted by molar-refractivity contribution is 5.95. The van der Waals surface area contributed by atoms with Crippen molar-refractivity contribution in [2.75, 3.05) is 13.1 Å². The Bertz CT molecular complexity index is 1300. The van der Waals surface area contributed by atoms with E-state index in [-0.39, 0.29) is 5.41 Å². The lowest BCUT2D eigenvalue weighted by Gasteiger charge is -2.31. The zero-order valence-electron chi connectivity index (χ0n) is 19.2. The molecule has 2 aliphatic rings. The minimum atomic E-state index is -0.231.